The van der Waals surface area contributed by atoms with Crippen LogP contribution in [0, 0.1) is 0 Å². The number of fused-ring (bicyclic) bond motifs is 1. The fourth-order valence-electron chi connectivity index (χ4n) is 2.46. The molecule has 0 saturated heterocycles. The number of nitrogens with zero attached hydrogens (tertiary/aromatic N) is 2. The maximum Gasteiger partial charge on any atom is 0.266 e. The van der Waals surface area contributed by atoms with Crippen LogP contribution in [0.4, 0.5) is 0 Å². The van der Waals surface area contributed by atoms with Gasteiger partial charge in [-0.3, -0.25) is 9.36 Å². The maximum atomic E-state index is 12.9. The minimum absolute atomic E-state index is 0.127. The summed E-state index contributed by atoms with van der Waals surface area (Å²) in [7, 11) is 0. The molecule has 0 aliphatic rings. The zero-order chi connectivity index (χ0) is 16.4. The van der Waals surface area contributed by atoms with Crippen LogP contribution in [0.25, 0.3) is 16.6 Å². The number of hydrogen-bond donors (Lipinski definition) is 0. The summed E-state index contributed by atoms with van der Waals surface area (Å²) in [6.07, 6.45) is 0. The molecular formula is C17H14BrClN2O2. The van der Waals surface area contributed by atoms with Gasteiger partial charge in [-0.1, -0.05) is 28.1 Å². The Morgan fingerprint density at radius 3 is 2.78 bits per heavy atom. The van der Waals surface area contributed by atoms with Gasteiger partial charge in [-0.15, -0.1) is 11.6 Å². The second kappa shape index (κ2) is 6.72. The third-order valence-electron chi connectivity index (χ3n) is 3.43. The molecule has 0 bridgehead atoms. The van der Waals surface area contributed by atoms with E-state index in [2.05, 4.69) is 20.9 Å². The van der Waals surface area contributed by atoms with Gasteiger partial charge >= 0.3 is 0 Å². The normalized spacial score (nSPS) is 10.9. The predicted octanol–water partition coefficient (Wildman–Crippen LogP) is 4.29. The van der Waals surface area contributed by atoms with E-state index in [0.29, 0.717) is 34.8 Å². The maximum absolute atomic E-state index is 12.9. The molecular weight excluding hydrogens is 380 g/mol. The van der Waals surface area contributed by atoms with Crippen LogP contribution >= 0.6 is 27.5 Å². The van der Waals surface area contributed by atoms with Crippen molar-refractivity contribution in [1.82, 2.24) is 9.55 Å². The molecule has 0 radical (unpaired) electrons. The number of benzene rings is 2. The Kier molecular flexibility index (Phi) is 4.68. The molecule has 3 rings (SSSR count). The minimum atomic E-state index is -0.158. The van der Waals surface area contributed by atoms with Crippen molar-refractivity contribution in [2.45, 2.75) is 12.8 Å². The van der Waals surface area contributed by atoms with Gasteiger partial charge in [0.1, 0.15) is 11.6 Å². The van der Waals surface area contributed by atoms with Gasteiger partial charge in [0, 0.05) is 4.47 Å². The van der Waals surface area contributed by atoms with Crippen LogP contribution in [0.3, 0.4) is 0 Å². The molecule has 118 valence electrons. The summed E-state index contributed by atoms with van der Waals surface area (Å²) in [5.41, 5.74) is 1.11. The van der Waals surface area contributed by atoms with Crippen LogP contribution in [0.1, 0.15) is 12.7 Å². The molecule has 0 aliphatic carbocycles. The van der Waals surface area contributed by atoms with Crippen LogP contribution in [0.15, 0.2) is 51.7 Å². The molecule has 0 amide bonds. The summed E-state index contributed by atoms with van der Waals surface area (Å²) in [5, 5.41) is 0.548. The van der Waals surface area contributed by atoms with Gasteiger partial charge in [0.25, 0.3) is 5.56 Å². The molecule has 1 heterocycles. The van der Waals surface area contributed by atoms with E-state index in [9.17, 15) is 4.79 Å². The SMILES string of the molecule is CCOc1cc(Br)ccc1-n1c(CCl)nc2ccccc2c1=O. The molecule has 1 aromatic heterocycles. The zero-order valence-electron chi connectivity index (χ0n) is 12.4. The van der Waals surface area contributed by atoms with Crippen molar-refractivity contribution in [3.05, 3.63) is 63.1 Å². The molecule has 3 aromatic rings. The monoisotopic (exact) mass is 392 g/mol. The lowest BCUT2D eigenvalue weighted by atomic mass is 10.2. The fourth-order valence-corrected chi connectivity index (χ4v) is 2.98. The lowest BCUT2D eigenvalue weighted by Crippen LogP contribution is -2.24. The van der Waals surface area contributed by atoms with Crippen molar-refractivity contribution in [2.24, 2.45) is 0 Å². The number of para-hydroxylation sites is 1. The van der Waals surface area contributed by atoms with E-state index in [1.54, 1.807) is 6.07 Å². The summed E-state index contributed by atoms with van der Waals surface area (Å²) in [4.78, 5) is 17.5. The first kappa shape index (κ1) is 16.0. The number of hydrogen-bond acceptors (Lipinski definition) is 3. The second-order valence-corrected chi connectivity index (χ2v) is 6.05. The molecule has 0 aliphatic heterocycles. The zero-order valence-corrected chi connectivity index (χ0v) is 14.8. The number of aromatic nitrogens is 2. The summed E-state index contributed by atoms with van der Waals surface area (Å²) >= 11 is 9.47. The number of halogens is 2. The van der Waals surface area contributed by atoms with E-state index in [1.165, 1.54) is 4.57 Å². The Morgan fingerprint density at radius 1 is 1.26 bits per heavy atom. The van der Waals surface area contributed by atoms with E-state index < -0.39 is 0 Å². The molecule has 0 fully saturated rings. The molecule has 0 unspecified atom stereocenters. The smallest absolute Gasteiger partial charge is 0.266 e. The van der Waals surface area contributed by atoms with Crippen LogP contribution < -0.4 is 10.3 Å². The number of rotatable bonds is 4. The number of alkyl halides is 1. The topological polar surface area (TPSA) is 44.1 Å². The highest BCUT2D eigenvalue weighted by Crippen LogP contribution is 2.28. The molecule has 6 heteroatoms. The molecule has 0 spiro atoms. The first-order chi connectivity index (χ1) is 11.2. The first-order valence-electron chi connectivity index (χ1n) is 7.15. The first-order valence-corrected chi connectivity index (χ1v) is 8.47. The van der Waals surface area contributed by atoms with Crippen molar-refractivity contribution in [3.63, 3.8) is 0 Å². The molecule has 23 heavy (non-hydrogen) atoms. The van der Waals surface area contributed by atoms with Gasteiger partial charge < -0.3 is 4.74 Å². The van der Waals surface area contributed by atoms with Gasteiger partial charge in [-0.25, -0.2) is 4.98 Å². The van der Waals surface area contributed by atoms with Gasteiger partial charge in [-0.05, 0) is 37.3 Å². The second-order valence-electron chi connectivity index (χ2n) is 4.86. The summed E-state index contributed by atoms with van der Waals surface area (Å²) < 4.78 is 8.07. The van der Waals surface area contributed by atoms with Gasteiger partial charge in [0.05, 0.1) is 29.1 Å². The highest BCUT2D eigenvalue weighted by molar-refractivity contribution is 9.10. The van der Waals surface area contributed by atoms with E-state index in [4.69, 9.17) is 16.3 Å². The molecule has 0 N–H and O–H groups in total. The summed E-state index contributed by atoms with van der Waals surface area (Å²) in [6, 6.07) is 12.8. The molecule has 2 aromatic carbocycles. The Morgan fingerprint density at radius 2 is 2.04 bits per heavy atom. The average molecular weight is 394 g/mol. The van der Waals surface area contributed by atoms with Crippen molar-refractivity contribution >= 4 is 38.4 Å². The predicted molar refractivity (Wildman–Crippen MR) is 95.8 cm³/mol. The van der Waals surface area contributed by atoms with E-state index >= 15 is 0 Å². The molecule has 4 nitrogen and oxygen atoms in total. The molecule has 0 saturated carbocycles. The van der Waals surface area contributed by atoms with Gasteiger partial charge in [-0.2, -0.15) is 0 Å². The van der Waals surface area contributed by atoms with Crippen molar-refractivity contribution in [1.29, 1.82) is 0 Å². The average Bonchev–Trinajstić information content (AvgIpc) is 2.56. The fraction of sp³-hybridized carbons (Fsp3) is 0.176. The largest absolute Gasteiger partial charge is 0.492 e. The lowest BCUT2D eigenvalue weighted by Gasteiger charge is -2.16. The third-order valence-corrected chi connectivity index (χ3v) is 4.16. The summed E-state index contributed by atoms with van der Waals surface area (Å²) in [6.45, 7) is 2.39. The number of ether oxygens (including phenoxy) is 1. The quantitative estimate of drug-likeness (QED) is 0.621. The Balaban J connectivity index is 2.36. The minimum Gasteiger partial charge on any atom is -0.492 e. The summed E-state index contributed by atoms with van der Waals surface area (Å²) in [5.74, 6) is 1.22. The standard InChI is InChI=1S/C17H14BrClN2O2/c1-2-23-15-9-11(18)7-8-14(15)21-16(10-19)20-13-6-4-3-5-12(13)17(21)22/h3-9H,2,10H2,1H3. The molecule has 0 atom stereocenters. The van der Waals surface area contributed by atoms with Gasteiger partial charge in [0.2, 0.25) is 0 Å². The van der Waals surface area contributed by atoms with Crippen molar-refractivity contribution in [2.75, 3.05) is 6.61 Å². The lowest BCUT2D eigenvalue weighted by molar-refractivity contribution is 0.338. The van der Waals surface area contributed by atoms with Gasteiger partial charge in [0.15, 0.2) is 0 Å². The third kappa shape index (κ3) is 2.99. The Bertz CT molecular complexity index is 924. The van der Waals surface area contributed by atoms with Crippen molar-refractivity contribution < 1.29 is 4.74 Å². The highest BCUT2D eigenvalue weighted by atomic mass is 79.9. The van der Waals surface area contributed by atoms with Crippen LogP contribution in [0.5, 0.6) is 5.75 Å². The van der Waals surface area contributed by atoms with E-state index in [0.717, 1.165) is 4.47 Å². The van der Waals surface area contributed by atoms with E-state index in [1.807, 2.05) is 43.3 Å². The Hall–Kier alpha value is -1.85. The highest BCUT2D eigenvalue weighted by Gasteiger charge is 2.15. The van der Waals surface area contributed by atoms with Crippen LogP contribution in [0.2, 0.25) is 0 Å². The Labute approximate surface area is 146 Å². The van der Waals surface area contributed by atoms with Crippen LogP contribution in [-0.2, 0) is 5.88 Å². The van der Waals surface area contributed by atoms with Crippen LogP contribution in [-0.4, -0.2) is 16.2 Å². The van der Waals surface area contributed by atoms with E-state index in [-0.39, 0.29) is 11.4 Å². The van der Waals surface area contributed by atoms with Crippen molar-refractivity contribution in [3.8, 4) is 11.4 Å².